The SMILES string of the molecule is CCCC(CCO)CNCC1CCCN1. The van der Waals surface area contributed by atoms with Crippen LogP contribution in [0, 0.1) is 5.92 Å². The molecule has 3 nitrogen and oxygen atoms in total. The second-order valence-corrected chi connectivity index (χ2v) is 4.62. The molecule has 3 heteroatoms. The van der Waals surface area contributed by atoms with Crippen LogP contribution in [0.3, 0.4) is 0 Å². The van der Waals surface area contributed by atoms with Gasteiger partial charge in [-0.3, -0.25) is 0 Å². The van der Waals surface area contributed by atoms with Crippen molar-refractivity contribution in [2.75, 3.05) is 26.2 Å². The third kappa shape index (κ3) is 5.50. The first-order valence-electron chi connectivity index (χ1n) is 6.41. The van der Waals surface area contributed by atoms with Crippen LogP contribution in [0.4, 0.5) is 0 Å². The standard InChI is InChI=1S/C12H26N2O/c1-2-4-11(6-8-15)9-13-10-12-5-3-7-14-12/h11-15H,2-10H2,1H3. The van der Waals surface area contributed by atoms with E-state index in [4.69, 9.17) is 5.11 Å². The minimum Gasteiger partial charge on any atom is -0.396 e. The Morgan fingerprint density at radius 2 is 2.33 bits per heavy atom. The van der Waals surface area contributed by atoms with Gasteiger partial charge in [0.25, 0.3) is 0 Å². The lowest BCUT2D eigenvalue weighted by Gasteiger charge is -2.17. The number of hydrogen-bond donors (Lipinski definition) is 3. The van der Waals surface area contributed by atoms with Crippen LogP contribution in [-0.4, -0.2) is 37.4 Å². The van der Waals surface area contributed by atoms with Crippen LogP contribution in [0.25, 0.3) is 0 Å². The molecule has 1 heterocycles. The fourth-order valence-corrected chi connectivity index (χ4v) is 2.33. The molecule has 3 N–H and O–H groups in total. The van der Waals surface area contributed by atoms with E-state index in [0.717, 1.165) is 19.5 Å². The molecule has 0 aromatic rings. The molecule has 1 saturated heterocycles. The topological polar surface area (TPSA) is 44.3 Å². The Kier molecular flexibility index (Phi) is 6.98. The van der Waals surface area contributed by atoms with Gasteiger partial charge in [0.15, 0.2) is 0 Å². The van der Waals surface area contributed by atoms with Crippen molar-refractivity contribution in [2.24, 2.45) is 5.92 Å². The smallest absolute Gasteiger partial charge is 0.0434 e. The molecule has 90 valence electrons. The Bertz CT molecular complexity index is 141. The summed E-state index contributed by atoms with van der Waals surface area (Å²) in [7, 11) is 0. The first-order valence-corrected chi connectivity index (χ1v) is 6.41. The number of aliphatic hydroxyl groups is 1. The molecule has 15 heavy (non-hydrogen) atoms. The fraction of sp³-hybridized carbons (Fsp3) is 1.00. The van der Waals surface area contributed by atoms with E-state index in [0.29, 0.717) is 18.6 Å². The highest BCUT2D eigenvalue weighted by atomic mass is 16.3. The van der Waals surface area contributed by atoms with Gasteiger partial charge in [-0.2, -0.15) is 0 Å². The predicted molar refractivity (Wildman–Crippen MR) is 64.0 cm³/mol. The molecule has 0 aliphatic carbocycles. The molecule has 1 aliphatic rings. The second-order valence-electron chi connectivity index (χ2n) is 4.62. The van der Waals surface area contributed by atoms with Crippen molar-refractivity contribution in [3.8, 4) is 0 Å². The normalized spacial score (nSPS) is 23.2. The molecule has 0 aromatic carbocycles. The van der Waals surface area contributed by atoms with Gasteiger partial charge in [-0.25, -0.2) is 0 Å². The Labute approximate surface area is 93.6 Å². The molecule has 0 bridgehead atoms. The van der Waals surface area contributed by atoms with Crippen LogP contribution < -0.4 is 10.6 Å². The first kappa shape index (κ1) is 12.9. The lowest BCUT2D eigenvalue weighted by atomic mass is 10.0. The van der Waals surface area contributed by atoms with Crippen LogP contribution in [-0.2, 0) is 0 Å². The maximum absolute atomic E-state index is 8.93. The molecule has 0 saturated carbocycles. The molecule has 0 radical (unpaired) electrons. The van der Waals surface area contributed by atoms with Gasteiger partial charge in [0.05, 0.1) is 0 Å². The first-order chi connectivity index (χ1) is 7.36. The van der Waals surface area contributed by atoms with E-state index in [1.54, 1.807) is 0 Å². The summed E-state index contributed by atoms with van der Waals surface area (Å²) < 4.78 is 0. The van der Waals surface area contributed by atoms with Crippen molar-refractivity contribution in [2.45, 2.75) is 45.1 Å². The van der Waals surface area contributed by atoms with Gasteiger partial charge in [0.2, 0.25) is 0 Å². The summed E-state index contributed by atoms with van der Waals surface area (Å²) in [6, 6.07) is 0.682. The van der Waals surface area contributed by atoms with E-state index in [2.05, 4.69) is 17.6 Å². The maximum Gasteiger partial charge on any atom is 0.0434 e. The predicted octanol–water partition coefficient (Wildman–Crippen LogP) is 1.13. The summed E-state index contributed by atoms with van der Waals surface area (Å²) in [5, 5.41) is 15.9. The number of hydrogen-bond acceptors (Lipinski definition) is 3. The van der Waals surface area contributed by atoms with Crippen LogP contribution >= 0.6 is 0 Å². The Morgan fingerprint density at radius 1 is 1.47 bits per heavy atom. The highest BCUT2D eigenvalue weighted by Gasteiger charge is 2.14. The van der Waals surface area contributed by atoms with E-state index >= 15 is 0 Å². The Hall–Kier alpha value is -0.120. The van der Waals surface area contributed by atoms with Gasteiger partial charge in [-0.15, -0.1) is 0 Å². The zero-order valence-electron chi connectivity index (χ0n) is 9.97. The van der Waals surface area contributed by atoms with Crippen molar-refractivity contribution in [1.82, 2.24) is 10.6 Å². The minimum absolute atomic E-state index is 0.327. The van der Waals surface area contributed by atoms with Crippen LogP contribution in [0.5, 0.6) is 0 Å². The summed E-state index contributed by atoms with van der Waals surface area (Å²) in [6.07, 6.45) is 6.02. The zero-order valence-corrected chi connectivity index (χ0v) is 9.97. The van der Waals surface area contributed by atoms with Crippen molar-refractivity contribution in [3.05, 3.63) is 0 Å². The fourth-order valence-electron chi connectivity index (χ4n) is 2.33. The highest BCUT2D eigenvalue weighted by molar-refractivity contribution is 4.76. The van der Waals surface area contributed by atoms with Gasteiger partial charge in [0, 0.05) is 19.2 Å². The largest absolute Gasteiger partial charge is 0.396 e. The van der Waals surface area contributed by atoms with E-state index < -0.39 is 0 Å². The maximum atomic E-state index is 8.93. The highest BCUT2D eigenvalue weighted by Crippen LogP contribution is 2.10. The minimum atomic E-state index is 0.327. The third-order valence-corrected chi connectivity index (χ3v) is 3.22. The van der Waals surface area contributed by atoms with Gasteiger partial charge in [-0.05, 0) is 44.7 Å². The summed E-state index contributed by atoms with van der Waals surface area (Å²) in [5.41, 5.74) is 0. The lowest BCUT2D eigenvalue weighted by Crippen LogP contribution is -2.36. The molecule has 0 amide bonds. The Balaban J connectivity index is 2.04. The average Bonchev–Trinajstić information content (AvgIpc) is 2.71. The molecular formula is C12H26N2O. The van der Waals surface area contributed by atoms with E-state index in [1.165, 1.54) is 32.2 Å². The second kappa shape index (κ2) is 8.08. The van der Waals surface area contributed by atoms with Crippen LogP contribution in [0.15, 0.2) is 0 Å². The number of aliphatic hydroxyl groups excluding tert-OH is 1. The molecule has 0 spiro atoms. The van der Waals surface area contributed by atoms with Crippen molar-refractivity contribution < 1.29 is 5.11 Å². The number of nitrogens with one attached hydrogen (secondary N) is 2. The summed E-state index contributed by atoms with van der Waals surface area (Å²) in [4.78, 5) is 0. The van der Waals surface area contributed by atoms with Gasteiger partial charge < -0.3 is 15.7 Å². The van der Waals surface area contributed by atoms with Gasteiger partial charge in [0.1, 0.15) is 0 Å². The molecule has 1 rings (SSSR count). The van der Waals surface area contributed by atoms with Gasteiger partial charge in [-0.1, -0.05) is 13.3 Å². The zero-order chi connectivity index (χ0) is 10.9. The molecule has 2 atom stereocenters. The summed E-state index contributed by atoms with van der Waals surface area (Å²) in [5.74, 6) is 0.654. The van der Waals surface area contributed by atoms with Crippen molar-refractivity contribution in [3.63, 3.8) is 0 Å². The molecular weight excluding hydrogens is 188 g/mol. The molecule has 1 aliphatic heterocycles. The van der Waals surface area contributed by atoms with E-state index in [1.807, 2.05) is 0 Å². The van der Waals surface area contributed by atoms with Crippen LogP contribution in [0.1, 0.15) is 39.0 Å². The summed E-state index contributed by atoms with van der Waals surface area (Å²) in [6.45, 7) is 5.87. The molecule has 1 fully saturated rings. The number of rotatable bonds is 8. The van der Waals surface area contributed by atoms with Crippen molar-refractivity contribution >= 4 is 0 Å². The summed E-state index contributed by atoms with van der Waals surface area (Å²) >= 11 is 0. The monoisotopic (exact) mass is 214 g/mol. The van der Waals surface area contributed by atoms with Crippen LogP contribution in [0.2, 0.25) is 0 Å². The quantitative estimate of drug-likeness (QED) is 0.567. The van der Waals surface area contributed by atoms with Gasteiger partial charge >= 0.3 is 0 Å². The third-order valence-electron chi connectivity index (χ3n) is 3.22. The molecule has 2 unspecified atom stereocenters. The molecule has 0 aromatic heterocycles. The Morgan fingerprint density at radius 3 is 2.93 bits per heavy atom. The van der Waals surface area contributed by atoms with E-state index in [9.17, 15) is 0 Å². The van der Waals surface area contributed by atoms with Crippen molar-refractivity contribution in [1.29, 1.82) is 0 Å². The lowest BCUT2D eigenvalue weighted by molar-refractivity contribution is 0.247. The average molecular weight is 214 g/mol. The van der Waals surface area contributed by atoms with E-state index in [-0.39, 0.29) is 0 Å².